The Morgan fingerprint density at radius 3 is 2.26 bits per heavy atom. The van der Waals surface area contributed by atoms with Gasteiger partial charge in [-0.05, 0) is 30.0 Å². The van der Waals surface area contributed by atoms with Crippen LogP contribution in [-0.2, 0) is 0 Å². The normalized spacial score (nSPS) is 14.9. The topological polar surface area (TPSA) is 37.3 Å². The van der Waals surface area contributed by atoms with Crippen LogP contribution in [0.2, 0.25) is 0 Å². The van der Waals surface area contributed by atoms with Crippen LogP contribution in [0.15, 0.2) is 66.8 Å². The van der Waals surface area contributed by atoms with Crippen molar-refractivity contribution in [2.75, 3.05) is 0 Å². The number of carbonyl (C=O) groups is 1. The predicted octanol–water partition coefficient (Wildman–Crippen LogP) is 4.09. The molecule has 1 aromatic rings. The fraction of sp³-hybridized carbons (Fsp3) is 0.118. The van der Waals surface area contributed by atoms with Crippen molar-refractivity contribution in [1.82, 2.24) is 0 Å². The van der Waals surface area contributed by atoms with Crippen LogP contribution in [0, 0.1) is 5.92 Å². The van der Waals surface area contributed by atoms with E-state index in [0.29, 0.717) is 11.5 Å². The number of carboxylic acids is 1. The first-order valence-electron chi connectivity index (χ1n) is 6.27. The average Bonchev–Trinajstić information content (AvgIpc) is 2.68. The maximum absolute atomic E-state index is 10.7. The van der Waals surface area contributed by atoms with Crippen LogP contribution in [0.5, 0.6) is 0 Å². The molecule has 0 fully saturated rings. The lowest BCUT2D eigenvalue weighted by molar-refractivity contribution is 0.0697. The van der Waals surface area contributed by atoms with Gasteiger partial charge < -0.3 is 5.11 Å². The van der Waals surface area contributed by atoms with Crippen LogP contribution in [-0.4, -0.2) is 11.1 Å². The first-order valence-corrected chi connectivity index (χ1v) is 6.27. The summed E-state index contributed by atoms with van der Waals surface area (Å²) in [6.45, 7) is 0. The molecule has 2 nitrogen and oxygen atoms in total. The first kappa shape index (κ1) is 13.1. The zero-order valence-corrected chi connectivity index (χ0v) is 10.6. The molecule has 0 aliphatic heterocycles. The second-order valence-corrected chi connectivity index (χ2v) is 4.38. The highest BCUT2D eigenvalue weighted by Crippen LogP contribution is 2.13. The lowest BCUT2D eigenvalue weighted by Crippen LogP contribution is -1.94. The van der Waals surface area contributed by atoms with Gasteiger partial charge in [-0.15, -0.1) is 0 Å². The van der Waals surface area contributed by atoms with Crippen molar-refractivity contribution in [3.8, 4) is 0 Å². The van der Waals surface area contributed by atoms with E-state index in [9.17, 15) is 4.79 Å². The van der Waals surface area contributed by atoms with E-state index in [-0.39, 0.29) is 0 Å². The number of hydrogen-bond acceptors (Lipinski definition) is 1. The van der Waals surface area contributed by atoms with Gasteiger partial charge in [0.25, 0.3) is 0 Å². The standard InChI is InChI=1S/C17H16O2/c18-17(19)16-12-10-15(11-13-16)9-5-8-14-6-3-1-2-4-7-14/h1-7,9-14H,8H2,(H,18,19)/b9-5+. The molecular formula is C17H16O2. The Morgan fingerprint density at radius 1 is 1.05 bits per heavy atom. The molecular weight excluding hydrogens is 236 g/mol. The van der Waals surface area contributed by atoms with E-state index in [1.165, 1.54) is 0 Å². The molecule has 0 aromatic heterocycles. The van der Waals surface area contributed by atoms with E-state index in [1.807, 2.05) is 30.4 Å². The van der Waals surface area contributed by atoms with E-state index in [4.69, 9.17) is 5.11 Å². The molecule has 0 bridgehead atoms. The van der Waals surface area contributed by atoms with Crippen molar-refractivity contribution >= 4 is 12.0 Å². The molecule has 0 spiro atoms. The minimum absolute atomic E-state index is 0.317. The Kier molecular flexibility index (Phi) is 4.51. The van der Waals surface area contributed by atoms with Gasteiger partial charge in [-0.3, -0.25) is 0 Å². The van der Waals surface area contributed by atoms with Crippen LogP contribution < -0.4 is 0 Å². The molecule has 0 unspecified atom stereocenters. The zero-order valence-electron chi connectivity index (χ0n) is 10.6. The van der Waals surface area contributed by atoms with Crippen LogP contribution in [0.4, 0.5) is 0 Å². The largest absolute Gasteiger partial charge is 0.478 e. The monoisotopic (exact) mass is 252 g/mol. The van der Waals surface area contributed by atoms with E-state index in [1.54, 1.807) is 12.1 Å². The fourth-order valence-electron chi connectivity index (χ4n) is 1.86. The Bertz CT molecular complexity index is 529. The second-order valence-electron chi connectivity index (χ2n) is 4.38. The van der Waals surface area contributed by atoms with Crippen LogP contribution in [0.3, 0.4) is 0 Å². The third kappa shape index (κ3) is 4.11. The van der Waals surface area contributed by atoms with E-state index in [0.717, 1.165) is 12.0 Å². The minimum atomic E-state index is -0.892. The highest BCUT2D eigenvalue weighted by Gasteiger charge is 2.00. The molecule has 1 aliphatic carbocycles. The molecule has 96 valence electrons. The van der Waals surface area contributed by atoms with Gasteiger partial charge in [-0.2, -0.15) is 0 Å². The van der Waals surface area contributed by atoms with E-state index >= 15 is 0 Å². The summed E-state index contributed by atoms with van der Waals surface area (Å²) in [5.41, 5.74) is 1.34. The minimum Gasteiger partial charge on any atom is -0.478 e. The van der Waals surface area contributed by atoms with Gasteiger partial charge in [0.05, 0.1) is 5.56 Å². The number of carboxylic acid groups (broad SMARTS) is 1. The molecule has 0 saturated carbocycles. The summed E-state index contributed by atoms with van der Waals surface area (Å²) in [6.07, 6.45) is 17.5. The maximum Gasteiger partial charge on any atom is 0.335 e. The van der Waals surface area contributed by atoms with Gasteiger partial charge in [-0.25, -0.2) is 4.79 Å². The Morgan fingerprint density at radius 2 is 1.68 bits per heavy atom. The number of benzene rings is 1. The lowest BCUT2D eigenvalue weighted by atomic mass is 10.0. The van der Waals surface area contributed by atoms with Crippen LogP contribution >= 0.6 is 0 Å². The van der Waals surface area contributed by atoms with E-state index in [2.05, 4.69) is 30.4 Å². The van der Waals surface area contributed by atoms with Crippen molar-refractivity contribution in [3.63, 3.8) is 0 Å². The van der Waals surface area contributed by atoms with Crippen LogP contribution in [0.25, 0.3) is 6.08 Å². The molecule has 19 heavy (non-hydrogen) atoms. The van der Waals surface area contributed by atoms with E-state index < -0.39 is 5.97 Å². The van der Waals surface area contributed by atoms with Crippen molar-refractivity contribution in [1.29, 1.82) is 0 Å². The van der Waals surface area contributed by atoms with Gasteiger partial charge in [0.2, 0.25) is 0 Å². The molecule has 2 rings (SSSR count). The summed E-state index contributed by atoms with van der Waals surface area (Å²) in [4.78, 5) is 10.7. The summed E-state index contributed by atoms with van der Waals surface area (Å²) in [5, 5.41) is 8.81. The Balaban J connectivity index is 1.93. The number of hydrogen-bond donors (Lipinski definition) is 1. The molecule has 1 N–H and O–H groups in total. The van der Waals surface area contributed by atoms with Gasteiger partial charge in [0.15, 0.2) is 0 Å². The molecule has 2 heteroatoms. The SMILES string of the molecule is O=C(O)c1ccc(/C=C/CC2C=CC=CC=C2)cc1. The average molecular weight is 252 g/mol. The highest BCUT2D eigenvalue weighted by molar-refractivity contribution is 5.87. The van der Waals surface area contributed by atoms with Gasteiger partial charge in [0.1, 0.15) is 0 Å². The second kappa shape index (κ2) is 6.55. The molecule has 1 aliphatic rings. The summed E-state index contributed by atoms with van der Waals surface area (Å²) in [5.74, 6) is -0.471. The predicted molar refractivity (Wildman–Crippen MR) is 78.0 cm³/mol. The fourth-order valence-corrected chi connectivity index (χ4v) is 1.86. The molecule has 0 atom stereocenters. The number of aromatic carboxylic acids is 1. The summed E-state index contributed by atoms with van der Waals surface area (Å²) >= 11 is 0. The van der Waals surface area contributed by atoms with Crippen molar-refractivity contribution in [2.45, 2.75) is 6.42 Å². The molecule has 1 aromatic carbocycles. The van der Waals surface area contributed by atoms with Gasteiger partial charge in [-0.1, -0.05) is 60.7 Å². The molecule has 0 saturated heterocycles. The number of rotatable bonds is 4. The lowest BCUT2D eigenvalue weighted by Gasteiger charge is -2.02. The highest BCUT2D eigenvalue weighted by atomic mass is 16.4. The van der Waals surface area contributed by atoms with Crippen molar-refractivity contribution < 1.29 is 9.90 Å². The van der Waals surface area contributed by atoms with Gasteiger partial charge >= 0.3 is 5.97 Å². The zero-order chi connectivity index (χ0) is 13.5. The Hall–Kier alpha value is -2.35. The third-order valence-electron chi connectivity index (χ3n) is 2.93. The molecule has 0 amide bonds. The molecule has 0 heterocycles. The smallest absolute Gasteiger partial charge is 0.335 e. The first-order chi connectivity index (χ1) is 9.25. The summed E-state index contributed by atoms with van der Waals surface area (Å²) in [7, 11) is 0. The Labute approximate surface area is 113 Å². The maximum atomic E-state index is 10.7. The molecule has 0 radical (unpaired) electrons. The third-order valence-corrected chi connectivity index (χ3v) is 2.93. The van der Waals surface area contributed by atoms with Crippen LogP contribution in [0.1, 0.15) is 22.3 Å². The van der Waals surface area contributed by atoms with Crippen molar-refractivity contribution in [2.24, 2.45) is 5.92 Å². The summed E-state index contributed by atoms with van der Waals surface area (Å²) in [6, 6.07) is 6.88. The van der Waals surface area contributed by atoms with Gasteiger partial charge in [0, 0.05) is 0 Å². The number of allylic oxidation sites excluding steroid dienone is 7. The summed E-state index contributed by atoms with van der Waals surface area (Å²) < 4.78 is 0. The quantitative estimate of drug-likeness (QED) is 0.876. The van der Waals surface area contributed by atoms with Crippen molar-refractivity contribution in [3.05, 3.63) is 77.9 Å².